The van der Waals surface area contributed by atoms with Crippen LogP contribution in [-0.2, 0) is 0 Å². The Hall–Kier alpha value is -1.91. The quantitative estimate of drug-likeness (QED) is 0.785. The van der Waals surface area contributed by atoms with Crippen molar-refractivity contribution in [3.8, 4) is 5.82 Å². The van der Waals surface area contributed by atoms with Gasteiger partial charge in [-0.05, 0) is 25.3 Å². The van der Waals surface area contributed by atoms with Crippen LogP contribution < -0.4 is 4.90 Å². The van der Waals surface area contributed by atoms with E-state index >= 15 is 0 Å². The fourth-order valence-electron chi connectivity index (χ4n) is 2.12. The molecule has 0 radical (unpaired) electrons. The molecule has 3 heterocycles. The molecule has 0 spiro atoms. The summed E-state index contributed by atoms with van der Waals surface area (Å²) >= 11 is 0. The molecule has 88 valence electrons. The van der Waals surface area contributed by atoms with Gasteiger partial charge < -0.3 is 4.90 Å². The number of imidazole rings is 1. The van der Waals surface area contributed by atoms with E-state index in [1.807, 2.05) is 23.0 Å². The number of aromatic nitrogens is 4. The molecule has 2 aromatic rings. The van der Waals surface area contributed by atoms with Gasteiger partial charge in [-0.3, -0.25) is 4.57 Å². The second kappa shape index (κ2) is 4.53. The minimum Gasteiger partial charge on any atom is -0.341 e. The predicted molar refractivity (Wildman–Crippen MR) is 65.2 cm³/mol. The van der Waals surface area contributed by atoms with E-state index in [-0.39, 0.29) is 0 Å². The highest BCUT2D eigenvalue weighted by Crippen LogP contribution is 2.16. The van der Waals surface area contributed by atoms with E-state index < -0.39 is 0 Å². The third-order valence-corrected chi connectivity index (χ3v) is 3.04. The molecule has 0 aliphatic carbocycles. The molecule has 0 saturated carbocycles. The first kappa shape index (κ1) is 10.3. The second-order valence-corrected chi connectivity index (χ2v) is 4.23. The summed E-state index contributed by atoms with van der Waals surface area (Å²) in [5.41, 5.74) is 0. The summed E-state index contributed by atoms with van der Waals surface area (Å²) in [4.78, 5) is 15.2. The van der Waals surface area contributed by atoms with Gasteiger partial charge in [-0.25, -0.2) is 9.97 Å². The first-order valence-electron chi connectivity index (χ1n) is 6.00. The average molecular weight is 229 g/mol. The van der Waals surface area contributed by atoms with Crippen molar-refractivity contribution >= 4 is 5.95 Å². The molecule has 1 saturated heterocycles. The molecule has 2 aromatic heterocycles. The first-order chi connectivity index (χ1) is 8.43. The summed E-state index contributed by atoms with van der Waals surface area (Å²) < 4.78 is 1.90. The summed E-state index contributed by atoms with van der Waals surface area (Å²) in [6.07, 6.45) is 11.0. The topological polar surface area (TPSA) is 46.8 Å². The molecule has 0 aromatic carbocycles. The zero-order valence-electron chi connectivity index (χ0n) is 9.66. The van der Waals surface area contributed by atoms with Crippen molar-refractivity contribution in [2.24, 2.45) is 0 Å². The highest BCUT2D eigenvalue weighted by Gasteiger charge is 2.13. The maximum atomic E-state index is 4.58. The molecule has 0 N–H and O–H groups in total. The maximum Gasteiger partial charge on any atom is 0.227 e. The Morgan fingerprint density at radius 3 is 2.71 bits per heavy atom. The van der Waals surface area contributed by atoms with Crippen LogP contribution in [0.25, 0.3) is 5.82 Å². The van der Waals surface area contributed by atoms with E-state index in [1.165, 1.54) is 19.3 Å². The van der Waals surface area contributed by atoms with Crippen LogP contribution in [0.1, 0.15) is 19.3 Å². The van der Waals surface area contributed by atoms with Crippen LogP contribution in [0.15, 0.2) is 31.0 Å². The van der Waals surface area contributed by atoms with Crippen molar-refractivity contribution in [1.82, 2.24) is 19.5 Å². The van der Waals surface area contributed by atoms with E-state index in [2.05, 4.69) is 19.9 Å². The van der Waals surface area contributed by atoms with Gasteiger partial charge in [-0.1, -0.05) is 0 Å². The standard InChI is InChI=1S/C12H15N5/c1-2-7-16(8-3-1)12-14-5-4-11(15-12)17-9-6-13-10-17/h4-6,9-10H,1-3,7-8H2. The van der Waals surface area contributed by atoms with Crippen molar-refractivity contribution < 1.29 is 0 Å². The molecular weight excluding hydrogens is 214 g/mol. The molecular formula is C12H15N5. The second-order valence-electron chi connectivity index (χ2n) is 4.23. The molecule has 1 fully saturated rings. The molecule has 1 aliphatic heterocycles. The Bertz CT molecular complexity index is 473. The molecule has 17 heavy (non-hydrogen) atoms. The van der Waals surface area contributed by atoms with Crippen LogP contribution in [0.5, 0.6) is 0 Å². The van der Waals surface area contributed by atoms with Crippen molar-refractivity contribution in [2.75, 3.05) is 18.0 Å². The fraction of sp³-hybridized carbons (Fsp3) is 0.417. The lowest BCUT2D eigenvalue weighted by Gasteiger charge is -2.26. The Balaban J connectivity index is 1.88. The van der Waals surface area contributed by atoms with Crippen LogP contribution in [-0.4, -0.2) is 32.6 Å². The van der Waals surface area contributed by atoms with E-state index in [9.17, 15) is 0 Å². The molecule has 1 aliphatic rings. The summed E-state index contributed by atoms with van der Waals surface area (Å²) in [5, 5.41) is 0. The molecule has 3 rings (SSSR count). The number of rotatable bonds is 2. The van der Waals surface area contributed by atoms with Gasteiger partial charge in [-0.2, -0.15) is 4.98 Å². The van der Waals surface area contributed by atoms with Crippen LogP contribution >= 0.6 is 0 Å². The Morgan fingerprint density at radius 1 is 1.06 bits per heavy atom. The molecule has 0 amide bonds. The lowest BCUT2D eigenvalue weighted by Crippen LogP contribution is -2.31. The smallest absolute Gasteiger partial charge is 0.227 e. The van der Waals surface area contributed by atoms with Crippen molar-refractivity contribution in [1.29, 1.82) is 0 Å². The zero-order chi connectivity index (χ0) is 11.5. The molecule has 0 unspecified atom stereocenters. The Labute approximate surface area is 100 Å². The SMILES string of the molecule is c1cn(-c2ccnc(N3CCCCC3)n2)cn1. The van der Waals surface area contributed by atoms with Crippen molar-refractivity contribution in [3.63, 3.8) is 0 Å². The van der Waals surface area contributed by atoms with Crippen molar-refractivity contribution in [3.05, 3.63) is 31.0 Å². The minimum absolute atomic E-state index is 0.830. The van der Waals surface area contributed by atoms with Crippen LogP contribution in [0, 0.1) is 0 Å². The molecule has 0 atom stereocenters. The normalized spacial score (nSPS) is 16.1. The average Bonchev–Trinajstić information content (AvgIpc) is 2.94. The van der Waals surface area contributed by atoms with Gasteiger partial charge in [-0.15, -0.1) is 0 Å². The summed E-state index contributed by atoms with van der Waals surface area (Å²) in [5.74, 6) is 1.70. The van der Waals surface area contributed by atoms with E-state index in [0.29, 0.717) is 0 Å². The van der Waals surface area contributed by atoms with Gasteiger partial charge in [0.15, 0.2) is 0 Å². The predicted octanol–water partition coefficient (Wildman–Crippen LogP) is 1.65. The minimum atomic E-state index is 0.830. The molecule has 5 heteroatoms. The van der Waals surface area contributed by atoms with Crippen LogP contribution in [0.4, 0.5) is 5.95 Å². The van der Waals surface area contributed by atoms with E-state index in [1.54, 1.807) is 12.5 Å². The lowest BCUT2D eigenvalue weighted by molar-refractivity contribution is 0.567. The van der Waals surface area contributed by atoms with Gasteiger partial charge in [0.25, 0.3) is 0 Å². The third kappa shape index (κ3) is 2.13. The van der Waals surface area contributed by atoms with Gasteiger partial charge in [0, 0.05) is 31.7 Å². The number of piperidine rings is 1. The Morgan fingerprint density at radius 2 is 1.94 bits per heavy atom. The monoisotopic (exact) mass is 229 g/mol. The number of nitrogens with zero attached hydrogens (tertiary/aromatic N) is 5. The van der Waals surface area contributed by atoms with Gasteiger partial charge in [0.1, 0.15) is 12.1 Å². The Kier molecular flexibility index (Phi) is 2.73. The van der Waals surface area contributed by atoms with Gasteiger partial charge in [0.05, 0.1) is 0 Å². The highest BCUT2D eigenvalue weighted by atomic mass is 15.3. The molecule has 0 bridgehead atoms. The molecule has 5 nitrogen and oxygen atoms in total. The number of hydrogen-bond acceptors (Lipinski definition) is 4. The first-order valence-corrected chi connectivity index (χ1v) is 6.00. The number of hydrogen-bond donors (Lipinski definition) is 0. The largest absolute Gasteiger partial charge is 0.341 e. The number of anilines is 1. The lowest BCUT2D eigenvalue weighted by atomic mass is 10.1. The highest BCUT2D eigenvalue weighted by molar-refractivity contribution is 5.35. The zero-order valence-corrected chi connectivity index (χ0v) is 9.66. The summed E-state index contributed by atoms with van der Waals surface area (Å²) in [7, 11) is 0. The maximum absolute atomic E-state index is 4.58. The van der Waals surface area contributed by atoms with Crippen LogP contribution in [0.2, 0.25) is 0 Å². The third-order valence-electron chi connectivity index (χ3n) is 3.04. The summed E-state index contributed by atoms with van der Waals surface area (Å²) in [6, 6.07) is 1.90. The van der Waals surface area contributed by atoms with Crippen LogP contribution in [0.3, 0.4) is 0 Å². The van der Waals surface area contributed by atoms with E-state index in [0.717, 1.165) is 24.9 Å². The van der Waals surface area contributed by atoms with E-state index in [4.69, 9.17) is 0 Å². The fourth-order valence-corrected chi connectivity index (χ4v) is 2.12. The summed E-state index contributed by atoms with van der Waals surface area (Å²) in [6.45, 7) is 2.13. The van der Waals surface area contributed by atoms with Gasteiger partial charge >= 0.3 is 0 Å². The van der Waals surface area contributed by atoms with Crippen molar-refractivity contribution in [2.45, 2.75) is 19.3 Å². The van der Waals surface area contributed by atoms with Gasteiger partial charge in [0.2, 0.25) is 5.95 Å².